The number of sulfonamides is 1. The summed E-state index contributed by atoms with van der Waals surface area (Å²) in [5, 5.41) is 0. The van der Waals surface area contributed by atoms with Crippen molar-refractivity contribution < 1.29 is 30.8 Å². The standard InChI is InChI=1S/C22H17F4N5O3S/c23-15-2-4-17(5-3-15)35(33,34)31-8-7-21(31)12-30(20(21)32)11-16-9-18(29-13-28-16)14-1-6-19(27-10-14)22(24,25)26/h1-6,9-10,13H,7-8,11-12H2/t21-/m1/s1. The number of likely N-dealkylation sites (tertiary alicyclic amines) is 1. The first-order valence-corrected chi connectivity index (χ1v) is 11.9. The molecule has 1 aromatic carbocycles. The first-order chi connectivity index (χ1) is 16.5. The molecular weight excluding hydrogens is 490 g/mol. The molecule has 4 heterocycles. The van der Waals surface area contributed by atoms with E-state index in [1.54, 1.807) is 0 Å². The van der Waals surface area contributed by atoms with Gasteiger partial charge in [-0.3, -0.25) is 9.78 Å². The lowest BCUT2D eigenvalue weighted by Gasteiger charge is -2.59. The van der Waals surface area contributed by atoms with Crippen LogP contribution in [0.15, 0.2) is 59.9 Å². The number of hydrogen-bond donors (Lipinski definition) is 0. The Balaban J connectivity index is 1.29. The van der Waals surface area contributed by atoms with Crippen molar-refractivity contribution in [3.63, 3.8) is 0 Å². The zero-order valence-electron chi connectivity index (χ0n) is 17.9. The molecule has 0 unspecified atom stereocenters. The molecule has 0 saturated carbocycles. The van der Waals surface area contributed by atoms with Crippen molar-refractivity contribution in [2.75, 3.05) is 13.1 Å². The summed E-state index contributed by atoms with van der Waals surface area (Å²) in [5.74, 6) is -0.935. The molecule has 0 N–H and O–H groups in total. The summed E-state index contributed by atoms with van der Waals surface area (Å²) in [6, 6.07) is 8.06. The molecule has 2 fully saturated rings. The van der Waals surface area contributed by atoms with Crippen molar-refractivity contribution in [1.82, 2.24) is 24.2 Å². The number of β-lactam (4-membered cyclic amide) rings is 1. The molecule has 5 rings (SSSR count). The van der Waals surface area contributed by atoms with E-state index in [9.17, 15) is 30.8 Å². The van der Waals surface area contributed by atoms with Crippen LogP contribution in [0.2, 0.25) is 0 Å². The number of pyridine rings is 1. The molecule has 1 spiro atoms. The van der Waals surface area contributed by atoms with E-state index in [1.807, 2.05) is 0 Å². The third-order valence-electron chi connectivity index (χ3n) is 6.17. The molecule has 2 aromatic heterocycles. The smallest absolute Gasteiger partial charge is 0.333 e. The fourth-order valence-corrected chi connectivity index (χ4v) is 6.02. The second-order valence-electron chi connectivity index (χ2n) is 8.30. The van der Waals surface area contributed by atoms with E-state index in [-0.39, 0.29) is 30.4 Å². The minimum atomic E-state index is -4.55. The van der Waals surface area contributed by atoms with Gasteiger partial charge in [0.05, 0.1) is 22.8 Å². The normalized spacial score (nSPS) is 20.6. The molecule has 0 radical (unpaired) electrons. The van der Waals surface area contributed by atoms with Gasteiger partial charge in [-0.25, -0.2) is 22.8 Å². The van der Waals surface area contributed by atoms with Crippen molar-refractivity contribution in [3.8, 4) is 11.3 Å². The Morgan fingerprint density at radius 1 is 1.03 bits per heavy atom. The topological polar surface area (TPSA) is 96.4 Å². The molecule has 2 aliphatic heterocycles. The summed E-state index contributed by atoms with van der Waals surface area (Å²) in [7, 11) is -3.97. The number of nitrogens with zero attached hydrogens (tertiary/aromatic N) is 5. The van der Waals surface area contributed by atoms with E-state index in [0.717, 1.165) is 40.8 Å². The Kier molecular flexibility index (Phi) is 5.36. The molecule has 3 aromatic rings. The first-order valence-electron chi connectivity index (χ1n) is 10.4. The zero-order chi connectivity index (χ0) is 25.0. The van der Waals surface area contributed by atoms with Crippen LogP contribution in [0.4, 0.5) is 17.6 Å². The van der Waals surface area contributed by atoms with E-state index in [2.05, 4.69) is 15.0 Å². The van der Waals surface area contributed by atoms with Gasteiger partial charge in [-0.05, 0) is 48.9 Å². The molecule has 35 heavy (non-hydrogen) atoms. The number of aromatic nitrogens is 3. The van der Waals surface area contributed by atoms with Gasteiger partial charge in [0.1, 0.15) is 23.4 Å². The number of carbonyl (C=O) groups is 1. The van der Waals surface area contributed by atoms with E-state index in [1.165, 1.54) is 23.4 Å². The van der Waals surface area contributed by atoms with Crippen LogP contribution in [0.3, 0.4) is 0 Å². The van der Waals surface area contributed by atoms with Crippen LogP contribution in [0.1, 0.15) is 17.8 Å². The fraction of sp³-hybridized carbons (Fsp3) is 0.273. The number of alkyl halides is 3. The van der Waals surface area contributed by atoms with Gasteiger partial charge < -0.3 is 4.90 Å². The largest absolute Gasteiger partial charge is 0.433 e. The van der Waals surface area contributed by atoms with E-state index < -0.39 is 33.2 Å². The molecule has 182 valence electrons. The maximum absolute atomic E-state index is 13.2. The molecule has 1 amide bonds. The lowest BCUT2D eigenvalue weighted by Crippen LogP contribution is -2.80. The number of rotatable bonds is 5. The summed E-state index contributed by atoms with van der Waals surface area (Å²) in [4.78, 5) is 26.0. The molecule has 0 aliphatic carbocycles. The Morgan fingerprint density at radius 3 is 2.34 bits per heavy atom. The summed E-state index contributed by atoms with van der Waals surface area (Å²) >= 11 is 0. The third kappa shape index (κ3) is 3.93. The van der Waals surface area contributed by atoms with Gasteiger partial charge in [0, 0.05) is 24.8 Å². The number of carbonyl (C=O) groups excluding carboxylic acids is 1. The van der Waals surface area contributed by atoms with Crippen LogP contribution in [-0.4, -0.2) is 57.1 Å². The molecule has 8 nitrogen and oxygen atoms in total. The Bertz CT molecular complexity index is 1400. The van der Waals surface area contributed by atoms with Crippen molar-refractivity contribution in [1.29, 1.82) is 0 Å². The quantitative estimate of drug-likeness (QED) is 0.389. The van der Waals surface area contributed by atoms with Crippen LogP contribution in [-0.2, 0) is 27.5 Å². The van der Waals surface area contributed by atoms with Gasteiger partial charge in [-0.2, -0.15) is 17.5 Å². The predicted molar refractivity (Wildman–Crippen MR) is 113 cm³/mol. The minimum absolute atomic E-state index is 0.0780. The summed E-state index contributed by atoms with van der Waals surface area (Å²) in [6.45, 7) is 0.417. The van der Waals surface area contributed by atoms with Gasteiger partial charge in [-0.1, -0.05) is 0 Å². The van der Waals surface area contributed by atoms with Crippen molar-refractivity contribution in [2.45, 2.75) is 29.6 Å². The van der Waals surface area contributed by atoms with Crippen molar-refractivity contribution in [3.05, 3.63) is 72.2 Å². The van der Waals surface area contributed by atoms with Crippen LogP contribution >= 0.6 is 0 Å². The third-order valence-corrected chi connectivity index (χ3v) is 8.15. The van der Waals surface area contributed by atoms with E-state index in [0.29, 0.717) is 23.4 Å². The summed E-state index contributed by atoms with van der Waals surface area (Å²) < 4.78 is 78.5. The summed E-state index contributed by atoms with van der Waals surface area (Å²) in [5.41, 5.74) is -1.06. The SMILES string of the molecule is O=C1N(Cc2cc(-c3ccc(C(F)(F)F)nc3)ncn2)C[C@]12CCN2S(=O)(=O)c1ccc(F)cc1. The highest BCUT2D eigenvalue weighted by atomic mass is 32.2. The van der Waals surface area contributed by atoms with Gasteiger partial charge >= 0.3 is 6.18 Å². The fourth-order valence-electron chi connectivity index (χ4n) is 4.27. The molecule has 13 heteroatoms. The zero-order valence-corrected chi connectivity index (χ0v) is 18.7. The average molecular weight is 507 g/mol. The maximum atomic E-state index is 13.2. The highest BCUT2D eigenvalue weighted by molar-refractivity contribution is 7.89. The first kappa shape index (κ1) is 23.3. The predicted octanol–water partition coefficient (Wildman–Crippen LogP) is 2.87. The molecule has 0 bridgehead atoms. The number of halogens is 4. The lowest BCUT2D eigenvalue weighted by atomic mass is 9.79. The molecule has 2 saturated heterocycles. The molecular formula is C22H17F4N5O3S. The average Bonchev–Trinajstić information content (AvgIpc) is 2.80. The van der Waals surface area contributed by atoms with E-state index in [4.69, 9.17) is 0 Å². The second-order valence-corrected chi connectivity index (χ2v) is 10.2. The highest BCUT2D eigenvalue weighted by Crippen LogP contribution is 2.44. The van der Waals surface area contributed by atoms with E-state index >= 15 is 0 Å². The molecule has 2 aliphatic rings. The monoisotopic (exact) mass is 507 g/mol. The van der Waals surface area contributed by atoms with Crippen molar-refractivity contribution >= 4 is 15.9 Å². The van der Waals surface area contributed by atoms with Crippen LogP contribution in [0, 0.1) is 5.82 Å². The van der Waals surface area contributed by atoms with Gasteiger partial charge in [0.2, 0.25) is 15.9 Å². The lowest BCUT2D eigenvalue weighted by molar-refractivity contribution is -0.170. The number of benzene rings is 1. The van der Waals surface area contributed by atoms with Crippen LogP contribution in [0.25, 0.3) is 11.3 Å². The minimum Gasteiger partial charge on any atom is -0.333 e. The van der Waals surface area contributed by atoms with Crippen LogP contribution in [0.5, 0.6) is 0 Å². The number of hydrogen-bond acceptors (Lipinski definition) is 6. The Labute approximate surface area is 197 Å². The highest BCUT2D eigenvalue weighted by Gasteiger charge is 2.64. The van der Waals surface area contributed by atoms with Gasteiger partial charge in [0.15, 0.2) is 0 Å². The maximum Gasteiger partial charge on any atom is 0.433 e. The Hall–Kier alpha value is -3.45. The van der Waals surface area contributed by atoms with Gasteiger partial charge in [-0.15, -0.1) is 0 Å². The Morgan fingerprint density at radius 2 is 1.77 bits per heavy atom. The summed E-state index contributed by atoms with van der Waals surface area (Å²) in [6.07, 6.45) is -1.89. The molecule has 1 atom stereocenters. The van der Waals surface area contributed by atoms with Crippen molar-refractivity contribution in [2.24, 2.45) is 0 Å². The van der Waals surface area contributed by atoms with Crippen LogP contribution < -0.4 is 0 Å². The number of amides is 1. The second kappa shape index (κ2) is 8.05. The van der Waals surface area contributed by atoms with Gasteiger partial charge in [0.25, 0.3) is 0 Å².